The molecule has 6 heteroatoms. The van der Waals surface area contributed by atoms with Gasteiger partial charge < -0.3 is 15.6 Å². The van der Waals surface area contributed by atoms with E-state index in [9.17, 15) is 4.79 Å². The Labute approximate surface area is 124 Å². The molecule has 21 heavy (non-hydrogen) atoms. The summed E-state index contributed by atoms with van der Waals surface area (Å²) in [7, 11) is 0. The van der Waals surface area contributed by atoms with Crippen LogP contribution >= 0.6 is 0 Å². The summed E-state index contributed by atoms with van der Waals surface area (Å²) in [5.41, 5.74) is 6.47. The molecule has 2 fully saturated rings. The van der Waals surface area contributed by atoms with Gasteiger partial charge in [-0.1, -0.05) is 0 Å². The molecule has 6 nitrogen and oxygen atoms in total. The van der Waals surface area contributed by atoms with Crippen LogP contribution in [-0.4, -0.2) is 35.6 Å². The highest BCUT2D eigenvalue weighted by Crippen LogP contribution is 2.40. The minimum atomic E-state index is -0.0125. The molecule has 2 saturated carbocycles. The van der Waals surface area contributed by atoms with E-state index in [1.54, 1.807) is 0 Å². The van der Waals surface area contributed by atoms with Gasteiger partial charge in [0.2, 0.25) is 0 Å². The number of carbonyl (C=O) groups excluding carboxylic acids is 1. The lowest BCUT2D eigenvalue weighted by Crippen LogP contribution is -2.37. The van der Waals surface area contributed by atoms with E-state index in [1.165, 1.54) is 0 Å². The van der Waals surface area contributed by atoms with E-state index in [1.807, 2.05) is 12.4 Å². The summed E-state index contributed by atoms with van der Waals surface area (Å²) in [6.07, 6.45) is 11.4. The molecule has 2 spiro atoms. The number of nitrogens with one attached hydrogen (secondary N) is 2. The van der Waals surface area contributed by atoms with Crippen LogP contribution in [0.25, 0.3) is 0 Å². The van der Waals surface area contributed by atoms with Crippen molar-refractivity contribution in [3.8, 4) is 0 Å². The Morgan fingerprint density at radius 1 is 1.05 bits per heavy atom. The average molecular weight is 290 g/mol. The third-order valence-electron chi connectivity index (χ3n) is 5.54. The SMILES string of the molecule is O=C(OC1CCC2(CC=NN2)C1)C1CCC2(CC=NN2)C1. The molecular formula is C15H22N4O2. The van der Waals surface area contributed by atoms with Crippen molar-refractivity contribution in [2.45, 2.75) is 68.5 Å². The molecule has 2 aliphatic heterocycles. The van der Waals surface area contributed by atoms with E-state index in [0.29, 0.717) is 0 Å². The van der Waals surface area contributed by atoms with Gasteiger partial charge >= 0.3 is 5.97 Å². The van der Waals surface area contributed by atoms with E-state index < -0.39 is 0 Å². The standard InChI is InChI=1S/C15H22N4O2/c20-13(11-1-3-14(9-11)5-7-16-18-14)21-12-2-4-15(10-12)6-8-17-19-15/h7-8,11-12,18-19H,1-6,9-10H2. The Bertz CT molecular complexity index is 486. The molecule has 2 heterocycles. The molecule has 4 unspecified atom stereocenters. The van der Waals surface area contributed by atoms with E-state index in [2.05, 4.69) is 21.1 Å². The molecule has 114 valence electrons. The van der Waals surface area contributed by atoms with Crippen LogP contribution in [0.1, 0.15) is 51.4 Å². The van der Waals surface area contributed by atoms with Gasteiger partial charge in [0.05, 0.1) is 17.0 Å². The second-order valence-corrected chi connectivity index (χ2v) is 7.06. The Balaban J connectivity index is 1.31. The Morgan fingerprint density at radius 3 is 2.38 bits per heavy atom. The Morgan fingerprint density at radius 2 is 1.71 bits per heavy atom. The maximum absolute atomic E-state index is 12.4. The number of nitrogens with zero attached hydrogens (tertiary/aromatic N) is 2. The lowest BCUT2D eigenvalue weighted by atomic mass is 9.94. The van der Waals surface area contributed by atoms with Crippen LogP contribution in [0.15, 0.2) is 10.2 Å². The van der Waals surface area contributed by atoms with Crippen molar-refractivity contribution in [1.29, 1.82) is 0 Å². The highest BCUT2D eigenvalue weighted by atomic mass is 16.5. The van der Waals surface area contributed by atoms with Crippen LogP contribution in [-0.2, 0) is 9.53 Å². The highest BCUT2D eigenvalue weighted by Gasteiger charge is 2.46. The van der Waals surface area contributed by atoms with Crippen molar-refractivity contribution in [2.24, 2.45) is 16.1 Å². The molecule has 0 aromatic rings. The van der Waals surface area contributed by atoms with Crippen LogP contribution in [0.3, 0.4) is 0 Å². The molecule has 4 aliphatic rings. The molecule has 0 bridgehead atoms. The fraction of sp³-hybridized carbons (Fsp3) is 0.800. The zero-order valence-electron chi connectivity index (χ0n) is 12.2. The van der Waals surface area contributed by atoms with E-state index in [0.717, 1.165) is 51.4 Å². The third kappa shape index (κ3) is 2.30. The van der Waals surface area contributed by atoms with E-state index >= 15 is 0 Å². The number of hydrazone groups is 2. The molecule has 4 rings (SSSR count). The maximum atomic E-state index is 12.4. The first-order chi connectivity index (χ1) is 10.2. The van der Waals surface area contributed by atoms with Gasteiger partial charge in [0.25, 0.3) is 0 Å². The average Bonchev–Trinajstić information content (AvgIpc) is 3.24. The Kier molecular flexibility index (Phi) is 2.94. The molecule has 0 aromatic heterocycles. The number of carbonyl (C=O) groups is 1. The van der Waals surface area contributed by atoms with Gasteiger partial charge in [-0.2, -0.15) is 10.2 Å². The van der Waals surface area contributed by atoms with Gasteiger partial charge in [-0.25, -0.2) is 0 Å². The maximum Gasteiger partial charge on any atom is 0.309 e. The van der Waals surface area contributed by atoms with Crippen molar-refractivity contribution in [3.05, 3.63) is 0 Å². The van der Waals surface area contributed by atoms with Crippen LogP contribution in [0, 0.1) is 5.92 Å². The summed E-state index contributed by atoms with van der Waals surface area (Å²) in [5.74, 6) is 0.0186. The lowest BCUT2D eigenvalue weighted by molar-refractivity contribution is -0.153. The van der Waals surface area contributed by atoms with Gasteiger partial charge in [-0.3, -0.25) is 4.79 Å². The fourth-order valence-corrected chi connectivity index (χ4v) is 4.24. The van der Waals surface area contributed by atoms with Crippen LogP contribution in [0.4, 0.5) is 0 Å². The van der Waals surface area contributed by atoms with Gasteiger partial charge in [0.15, 0.2) is 0 Å². The molecule has 0 amide bonds. The van der Waals surface area contributed by atoms with E-state index in [-0.39, 0.29) is 29.1 Å². The van der Waals surface area contributed by atoms with Crippen LogP contribution in [0.5, 0.6) is 0 Å². The van der Waals surface area contributed by atoms with Crippen LogP contribution in [0.2, 0.25) is 0 Å². The fourth-order valence-electron chi connectivity index (χ4n) is 4.24. The summed E-state index contributed by atoms with van der Waals surface area (Å²) < 4.78 is 5.78. The molecule has 4 atom stereocenters. The van der Waals surface area contributed by atoms with Crippen LogP contribution < -0.4 is 10.9 Å². The van der Waals surface area contributed by atoms with Gasteiger partial charge in [0.1, 0.15) is 6.10 Å². The van der Waals surface area contributed by atoms with Gasteiger partial charge in [-0.15, -0.1) is 0 Å². The second kappa shape index (κ2) is 4.71. The predicted octanol–water partition coefficient (Wildman–Crippen LogP) is 1.32. The molecule has 2 aliphatic carbocycles. The van der Waals surface area contributed by atoms with Crippen molar-refractivity contribution in [2.75, 3.05) is 0 Å². The first-order valence-corrected chi connectivity index (χ1v) is 7.97. The van der Waals surface area contributed by atoms with Crippen molar-refractivity contribution in [1.82, 2.24) is 10.9 Å². The van der Waals surface area contributed by atoms with E-state index in [4.69, 9.17) is 4.74 Å². The first kappa shape index (κ1) is 13.1. The zero-order chi connectivity index (χ0) is 14.3. The molecule has 0 radical (unpaired) electrons. The lowest BCUT2D eigenvalue weighted by Gasteiger charge is -2.24. The molecule has 0 aromatic carbocycles. The summed E-state index contributed by atoms with van der Waals surface area (Å²) in [6, 6.07) is 0. The van der Waals surface area contributed by atoms with Crippen molar-refractivity contribution < 1.29 is 9.53 Å². The highest BCUT2D eigenvalue weighted by molar-refractivity contribution is 5.74. The molecule has 2 N–H and O–H groups in total. The first-order valence-electron chi connectivity index (χ1n) is 7.97. The number of ether oxygens (including phenoxy) is 1. The Hall–Kier alpha value is -1.59. The monoisotopic (exact) mass is 290 g/mol. The number of rotatable bonds is 2. The summed E-state index contributed by atoms with van der Waals surface area (Å²) in [6.45, 7) is 0. The van der Waals surface area contributed by atoms with Crippen molar-refractivity contribution in [3.63, 3.8) is 0 Å². The number of hydrogen-bond acceptors (Lipinski definition) is 6. The molecule has 0 saturated heterocycles. The zero-order valence-corrected chi connectivity index (χ0v) is 12.2. The predicted molar refractivity (Wildman–Crippen MR) is 79.0 cm³/mol. The van der Waals surface area contributed by atoms with Gasteiger partial charge in [0, 0.05) is 31.7 Å². The largest absolute Gasteiger partial charge is 0.462 e. The quantitative estimate of drug-likeness (QED) is 0.752. The number of hydrogen-bond donors (Lipinski definition) is 2. The molecular weight excluding hydrogens is 268 g/mol. The number of esters is 1. The topological polar surface area (TPSA) is 75.1 Å². The van der Waals surface area contributed by atoms with Crippen molar-refractivity contribution >= 4 is 18.4 Å². The van der Waals surface area contributed by atoms with Gasteiger partial charge in [-0.05, 0) is 32.1 Å². The second-order valence-electron chi connectivity index (χ2n) is 7.06. The normalized spacial score (nSPS) is 43.6. The summed E-state index contributed by atoms with van der Waals surface area (Å²) in [5, 5.41) is 8.23. The summed E-state index contributed by atoms with van der Waals surface area (Å²) in [4.78, 5) is 12.4. The minimum absolute atomic E-state index is 0.0125. The summed E-state index contributed by atoms with van der Waals surface area (Å²) >= 11 is 0. The smallest absolute Gasteiger partial charge is 0.309 e. The third-order valence-corrected chi connectivity index (χ3v) is 5.54. The minimum Gasteiger partial charge on any atom is -0.462 e.